The van der Waals surface area contributed by atoms with Gasteiger partial charge in [-0.15, -0.1) is 0 Å². The molecule has 0 atom stereocenters. The molecule has 0 aliphatic carbocycles. The number of hydrogen-bond acceptors (Lipinski definition) is 4. The van der Waals surface area contributed by atoms with Crippen molar-refractivity contribution in [1.82, 2.24) is 4.98 Å². The van der Waals surface area contributed by atoms with Gasteiger partial charge in [0.2, 0.25) is 0 Å². The van der Waals surface area contributed by atoms with Crippen molar-refractivity contribution in [3.63, 3.8) is 0 Å². The van der Waals surface area contributed by atoms with Gasteiger partial charge in [-0.3, -0.25) is 10.7 Å². The maximum Gasteiger partial charge on any atom is 0.148 e. The molecule has 0 unspecified atom stereocenters. The smallest absolute Gasteiger partial charge is 0.148 e. The average Bonchev–Trinajstić information content (AvgIpc) is 2.41. The minimum Gasteiger partial charge on any atom is -0.486 e. The van der Waals surface area contributed by atoms with Gasteiger partial charge in [0.25, 0.3) is 0 Å². The molecule has 0 fully saturated rings. The summed E-state index contributed by atoms with van der Waals surface area (Å²) in [6.45, 7) is -0.0126. The van der Waals surface area contributed by atoms with Crippen molar-refractivity contribution in [2.75, 3.05) is 5.48 Å². The van der Waals surface area contributed by atoms with Crippen molar-refractivity contribution in [3.05, 3.63) is 50.4 Å². The van der Waals surface area contributed by atoms with E-state index < -0.39 is 5.82 Å². The van der Waals surface area contributed by atoms with Crippen molar-refractivity contribution < 1.29 is 14.3 Å². The van der Waals surface area contributed by atoms with Crippen LogP contribution in [0.5, 0.6) is 5.75 Å². The lowest BCUT2D eigenvalue weighted by molar-refractivity contribution is 0.300. The summed E-state index contributed by atoms with van der Waals surface area (Å²) in [6.07, 6.45) is 1.47. The normalized spacial score (nSPS) is 10.4. The zero-order chi connectivity index (χ0) is 14.7. The molecule has 2 aromatic rings. The Morgan fingerprint density at radius 3 is 2.80 bits per heavy atom. The lowest BCUT2D eigenvalue weighted by Crippen LogP contribution is -2.02. The van der Waals surface area contributed by atoms with Crippen LogP contribution in [0.3, 0.4) is 0 Å². The lowest BCUT2D eigenvalue weighted by atomic mass is 10.2. The van der Waals surface area contributed by atoms with Crippen molar-refractivity contribution in [1.29, 1.82) is 0 Å². The fourth-order valence-corrected chi connectivity index (χ4v) is 2.26. The third-order valence-electron chi connectivity index (χ3n) is 2.46. The number of halogens is 4. The summed E-state index contributed by atoms with van der Waals surface area (Å²) in [7, 11) is 0. The monoisotopic (exact) mass is 380 g/mol. The highest BCUT2D eigenvalue weighted by Crippen LogP contribution is 2.32. The first-order chi connectivity index (χ1) is 9.52. The zero-order valence-corrected chi connectivity index (χ0v) is 12.9. The molecule has 0 aliphatic rings. The average molecular weight is 382 g/mol. The van der Waals surface area contributed by atoms with E-state index in [1.807, 2.05) is 5.48 Å². The Hall–Kier alpha value is -1.08. The second-order valence-corrected chi connectivity index (χ2v) is 5.34. The maximum atomic E-state index is 13.5. The Balaban J connectivity index is 2.25. The number of pyridine rings is 1. The largest absolute Gasteiger partial charge is 0.486 e. The van der Waals surface area contributed by atoms with Crippen LogP contribution in [0.15, 0.2) is 28.9 Å². The Kier molecular flexibility index (Phi) is 5.04. The number of nitrogens with one attached hydrogen (secondary N) is 1. The molecule has 1 aromatic heterocycles. The highest BCUT2D eigenvalue weighted by atomic mass is 79.9. The predicted octanol–water partition coefficient (Wildman–Crippen LogP) is 4.67. The van der Waals surface area contributed by atoms with E-state index >= 15 is 0 Å². The molecule has 1 aromatic carbocycles. The van der Waals surface area contributed by atoms with Crippen molar-refractivity contribution in [3.8, 4) is 5.75 Å². The summed E-state index contributed by atoms with van der Waals surface area (Å²) in [5.74, 6) is -0.411. The Bertz CT molecular complexity index is 623. The Morgan fingerprint density at radius 2 is 2.15 bits per heavy atom. The zero-order valence-electron chi connectivity index (χ0n) is 9.83. The summed E-state index contributed by atoms with van der Waals surface area (Å²) in [4.78, 5) is 3.88. The van der Waals surface area contributed by atoms with E-state index in [9.17, 15) is 4.39 Å². The molecule has 0 spiro atoms. The van der Waals surface area contributed by atoms with Crippen molar-refractivity contribution in [2.24, 2.45) is 0 Å². The summed E-state index contributed by atoms with van der Waals surface area (Å²) < 4.78 is 19.1. The second kappa shape index (κ2) is 6.58. The number of nitrogens with zero attached hydrogens (tertiary/aromatic N) is 1. The summed E-state index contributed by atoms with van der Waals surface area (Å²) in [6, 6.07) is 4.04. The quantitative estimate of drug-likeness (QED) is 0.596. The van der Waals surface area contributed by atoms with Gasteiger partial charge in [-0.05, 0) is 28.1 Å². The SMILES string of the molecule is ONc1cc(Br)c(F)cc1OCc1c(Cl)ccnc1Cl. The van der Waals surface area contributed by atoms with Crippen LogP contribution < -0.4 is 10.2 Å². The number of anilines is 1. The summed E-state index contributed by atoms with van der Waals surface area (Å²) >= 11 is 14.9. The minimum atomic E-state index is -0.526. The van der Waals surface area contributed by atoms with Crippen LogP contribution in [0.25, 0.3) is 0 Å². The van der Waals surface area contributed by atoms with Crippen LogP contribution in [-0.2, 0) is 6.61 Å². The van der Waals surface area contributed by atoms with Crippen LogP contribution in [0.2, 0.25) is 10.2 Å². The first-order valence-electron chi connectivity index (χ1n) is 5.33. The Morgan fingerprint density at radius 1 is 1.40 bits per heavy atom. The highest BCUT2D eigenvalue weighted by Gasteiger charge is 2.12. The van der Waals surface area contributed by atoms with Gasteiger partial charge < -0.3 is 4.74 Å². The van der Waals surface area contributed by atoms with E-state index in [-0.39, 0.29) is 27.7 Å². The first kappa shape index (κ1) is 15.3. The van der Waals surface area contributed by atoms with Gasteiger partial charge in [0.05, 0.1) is 9.50 Å². The predicted molar refractivity (Wildman–Crippen MR) is 78.1 cm³/mol. The minimum absolute atomic E-state index is 0.0126. The molecular formula is C12H8BrCl2FN2O2. The highest BCUT2D eigenvalue weighted by molar-refractivity contribution is 9.10. The van der Waals surface area contributed by atoms with E-state index in [0.717, 1.165) is 6.07 Å². The van der Waals surface area contributed by atoms with Crippen molar-refractivity contribution >= 4 is 44.8 Å². The van der Waals surface area contributed by atoms with Gasteiger partial charge in [0, 0.05) is 17.8 Å². The van der Waals surface area contributed by atoms with Crippen LogP contribution in [0.1, 0.15) is 5.56 Å². The molecule has 0 aliphatic heterocycles. The van der Waals surface area contributed by atoms with E-state index in [1.165, 1.54) is 12.3 Å². The van der Waals surface area contributed by atoms with E-state index in [2.05, 4.69) is 20.9 Å². The third-order valence-corrected chi connectivity index (χ3v) is 3.75. The maximum absolute atomic E-state index is 13.5. The van der Waals surface area contributed by atoms with Gasteiger partial charge in [-0.1, -0.05) is 23.2 Å². The molecule has 0 radical (unpaired) electrons. The van der Waals surface area contributed by atoms with E-state index in [1.54, 1.807) is 6.07 Å². The number of hydrogen-bond donors (Lipinski definition) is 2. The number of aromatic nitrogens is 1. The standard InChI is InChI=1S/C12H8BrCl2FN2O2/c13-7-3-10(18-19)11(4-9(7)16)20-5-6-8(14)1-2-17-12(6)15/h1-4,18-19H,5H2. The number of ether oxygens (including phenoxy) is 1. The summed E-state index contributed by atoms with van der Waals surface area (Å²) in [5.41, 5.74) is 2.60. The van der Waals surface area contributed by atoms with Crippen LogP contribution in [0.4, 0.5) is 10.1 Å². The van der Waals surface area contributed by atoms with Gasteiger partial charge in [0.15, 0.2) is 0 Å². The third kappa shape index (κ3) is 3.32. The fourth-order valence-electron chi connectivity index (χ4n) is 1.46. The molecule has 20 heavy (non-hydrogen) atoms. The molecule has 2 rings (SSSR count). The topological polar surface area (TPSA) is 54.4 Å². The van der Waals surface area contributed by atoms with Gasteiger partial charge in [-0.25, -0.2) is 9.37 Å². The van der Waals surface area contributed by atoms with E-state index in [0.29, 0.717) is 10.6 Å². The molecule has 8 heteroatoms. The van der Waals surface area contributed by atoms with Crippen LogP contribution in [-0.4, -0.2) is 10.2 Å². The van der Waals surface area contributed by atoms with Crippen LogP contribution in [0, 0.1) is 5.82 Å². The molecule has 0 bridgehead atoms. The first-order valence-corrected chi connectivity index (χ1v) is 6.88. The second-order valence-electron chi connectivity index (χ2n) is 3.73. The number of rotatable bonds is 4. The molecule has 4 nitrogen and oxygen atoms in total. The molecule has 0 saturated carbocycles. The lowest BCUT2D eigenvalue weighted by Gasteiger charge is -2.12. The molecule has 106 valence electrons. The van der Waals surface area contributed by atoms with Crippen molar-refractivity contribution in [2.45, 2.75) is 6.61 Å². The molecule has 1 heterocycles. The molecular weight excluding hydrogens is 374 g/mol. The number of benzene rings is 1. The molecule has 0 saturated heterocycles. The molecule has 2 N–H and O–H groups in total. The fraction of sp³-hybridized carbons (Fsp3) is 0.0833. The molecule has 0 amide bonds. The van der Waals surface area contributed by atoms with Gasteiger partial charge in [-0.2, -0.15) is 0 Å². The van der Waals surface area contributed by atoms with E-state index in [4.69, 9.17) is 33.1 Å². The van der Waals surface area contributed by atoms with Gasteiger partial charge >= 0.3 is 0 Å². The van der Waals surface area contributed by atoms with Gasteiger partial charge in [0.1, 0.15) is 29.0 Å². The van der Waals surface area contributed by atoms with Crippen LogP contribution >= 0.6 is 39.1 Å². The summed E-state index contributed by atoms with van der Waals surface area (Å²) in [5, 5.41) is 9.59. The Labute approximate surface area is 132 Å².